The summed E-state index contributed by atoms with van der Waals surface area (Å²) in [4.78, 5) is 12.3. The Labute approximate surface area is 127 Å². The van der Waals surface area contributed by atoms with E-state index in [0.29, 0.717) is 0 Å². The largest absolute Gasteiger partial charge is 0.352 e. The molecule has 0 aliphatic carbocycles. The highest BCUT2D eigenvalue weighted by Crippen LogP contribution is 2.20. The Morgan fingerprint density at radius 3 is 2.52 bits per heavy atom. The van der Waals surface area contributed by atoms with Crippen molar-refractivity contribution in [2.45, 2.75) is 40.0 Å². The Kier molecular flexibility index (Phi) is 5.20. The van der Waals surface area contributed by atoms with Crippen LogP contribution in [0, 0.1) is 13.8 Å². The lowest BCUT2D eigenvalue weighted by molar-refractivity contribution is 0.0952. The smallest absolute Gasteiger partial charge is 0.253 e. The minimum Gasteiger partial charge on any atom is -0.352 e. The molecule has 1 amide bonds. The molecule has 3 heteroatoms. The maximum atomic E-state index is 12.3. The number of aryl methyl sites for hydroxylation is 1. The van der Waals surface area contributed by atoms with Gasteiger partial charge in [0.25, 0.3) is 5.91 Å². The summed E-state index contributed by atoms with van der Waals surface area (Å²) in [5, 5.41) is 3.01. The fraction of sp³-hybridized carbons (Fsp3) is 0.389. The van der Waals surface area contributed by atoms with Crippen LogP contribution in [-0.4, -0.2) is 17.0 Å². The molecule has 112 valence electrons. The number of nitrogens with one attached hydrogen (secondary N) is 1. The van der Waals surface area contributed by atoms with E-state index in [-0.39, 0.29) is 5.91 Å². The first kappa shape index (κ1) is 15.4. The fourth-order valence-corrected chi connectivity index (χ4v) is 2.64. The van der Waals surface area contributed by atoms with Gasteiger partial charge in [0.15, 0.2) is 0 Å². The highest BCUT2D eigenvalue weighted by atomic mass is 16.1. The molecule has 1 aromatic carbocycles. The zero-order valence-electron chi connectivity index (χ0n) is 13.1. The van der Waals surface area contributed by atoms with Crippen LogP contribution in [-0.2, 0) is 0 Å². The summed E-state index contributed by atoms with van der Waals surface area (Å²) in [7, 11) is 0. The number of carbonyl (C=O) groups excluding carboxylic acids is 1. The zero-order chi connectivity index (χ0) is 15.2. The van der Waals surface area contributed by atoms with Crippen LogP contribution in [0.2, 0.25) is 0 Å². The molecule has 0 saturated heterocycles. The van der Waals surface area contributed by atoms with Gasteiger partial charge in [-0.3, -0.25) is 4.79 Å². The van der Waals surface area contributed by atoms with Crippen molar-refractivity contribution in [2.24, 2.45) is 0 Å². The summed E-state index contributed by atoms with van der Waals surface area (Å²) in [5.41, 5.74) is 3.94. The van der Waals surface area contributed by atoms with Gasteiger partial charge in [0.05, 0.1) is 5.56 Å². The van der Waals surface area contributed by atoms with Gasteiger partial charge in [0, 0.05) is 23.6 Å². The monoisotopic (exact) mass is 284 g/mol. The predicted molar refractivity (Wildman–Crippen MR) is 87.1 cm³/mol. The van der Waals surface area contributed by atoms with E-state index in [1.165, 1.54) is 6.42 Å². The van der Waals surface area contributed by atoms with E-state index >= 15 is 0 Å². The van der Waals surface area contributed by atoms with Gasteiger partial charge in [-0.1, -0.05) is 38.0 Å². The van der Waals surface area contributed by atoms with Crippen molar-refractivity contribution in [1.82, 2.24) is 9.88 Å². The molecule has 2 aromatic rings. The van der Waals surface area contributed by atoms with E-state index in [1.807, 2.05) is 38.1 Å². The molecular weight excluding hydrogens is 260 g/mol. The molecule has 0 fully saturated rings. The van der Waals surface area contributed by atoms with Crippen LogP contribution in [0.5, 0.6) is 0 Å². The van der Waals surface area contributed by atoms with Crippen LogP contribution < -0.4 is 5.32 Å². The van der Waals surface area contributed by atoms with Gasteiger partial charge in [0.1, 0.15) is 0 Å². The molecule has 0 unspecified atom stereocenters. The second-order valence-electron chi connectivity index (χ2n) is 5.42. The molecular formula is C18H24N2O. The lowest BCUT2D eigenvalue weighted by atomic mass is 10.2. The molecule has 0 radical (unpaired) electrons. The van der Waals surface area contributed by atoms with E-state index in [4.69, 9.17) is 0 Å². The first-order valence-electron chi connectivity index (χ1n) is 7.67. The summed E-state index contributed by atoms with van der Waals surface area (Å²) < 4.78 is 2.13. The SMILES string of the molecule is CCCCCNC(=O)c1cc(C)n(-c2ccccc2)c1C. The first-order chi connectivity index (χ1) is 10.1. The average Bonchev–Trinajstić information content (AvgIpc) is 2.79. The van der Waals surface area contributed by atoms with E-state index < -0.39 is 0 Å². The van der Waals surface area contributed by atoms with Gasteiger partial charge >= 0.3 is 0 Å². The Balaban J connectivity index is 2.17. The van der Waals surface area contributed by atoms with Gasteiger partial charge in [-0.2, -0.15) is 0 Å². The van der Waals surface area contributed by atoms with Gasteiger partial charge in [-0.25, -0.2) is 0 Å². The number of benzene rings is 1. The summed E-state index contributed by atoms with van der Waals surface area (Å²) in [5.74, 6) is 0.0291. The topological polar surface area (TPSA) is 34.0 Å². The minimum atomic E-state index is 0.0291. The van der Waals surface area contributed by atoms with Gasteiger partial charge in [-0.15, -0.1) is 0 Å². The van der Waals surface area contributed by atoms with Crippen molar-refractivity contribution in [3.05, 3.63) is 53.3 Å². The summed E-state index contributed by atoms with van der Waals surface area (Å²) >= 11 is 0. The third kappa shape index (κ3) is 3.54. The lowest BCUT2D eigenvalue weighted by Crippen LogP contribution is -2.24. The van der Waals surface area contributed by atoms with E-state index in [2.05, 4.69) is 28.9 Å². The van der Waals surface area contributed by atoms with E-state index in [1.54, 1.807) is 0 Å². The number of para-hydroxylation sites is 1. The number of nitrogens with zero attached hydrogens (tertiary/aromatic N) is 1. The number of carbonyl (C=O) groups is 1. The highest BCUT2D eigenvalue weighted by Gasteiger charge is 2.15. The third-order valence-corrected chi connectivity index (χ3v) is 3.76. The van der Waals surface area contributed by atoms with Crippen LogP contribution in [0.25, 0.3) is 5.69 Å². The maximum Gasteiger partial charge on any atom is 0.253 e. The Hall–Kier alpha value is -2.03. The second-order valence-corrected chi connectivity index (χ2v) is 5.42. The zero-order valence-corrected chi connectivity index (χ0v) is 13.1. The maximum absolute atomic E-state index is 12.3. The number of rotatable bonds is 6. The van der Waals surface area contributed by atoms with Crippen LogP contribution in [0.4, 0.5) is 0 Å². The molecule has 3 nitrogen and oxygen atoms in total. The van der Waals surface area contributed by atoms with Crippen LogP contribution >= 0.6 is 0 Å². The standard InChI is InChI=1S/C18H24N2O/c1-4-5-9-12-19-18(21)17-13-14(2)20(15(17)3)16-10-7-6-8-11-16/h6-8,10-11,13H,4-5,9,12H2,1-3H3,(H,19,21). The van der Waals surface area contributed by atoms with Gasteiger partial charge in [-0.05, 0) is 38.5 Å². The molecule has 1 aromatic heterocycles. The van der Waals surface area contributed by atoms with Crippen molar-refractivity contribution in [3.8, 4) is 5.69 Å². The molecule has 0 atom stereocenters. The molecule has 21 heavy (non-hydrogen) atoms. The quantitative estimate of drug-likeness (QED) is 0.799. The van der Waals surface area contributed by atoms with Crippen LogP contribution in [0.1, 0.15) is 47.9 Å². The molecule has 1 heterocycles. The Bertz CT molecular complexity index is 599. The number of hydrogen-bond acceptors (Lipinski definition) is 1. The van der Waals surface area contributed by atoms with Gasteiger partial charge < -0.3 is 9.88 Å². The number of aromatic nitrogens is 1. The number of unbranched alkanes of at least 4 members (excludes halogenated alkanes) is 2. The van der Waals surface area contributed by atoms with Crippen LogP contribution in [0.3, 0.4) is 0 Å². The van der Waals surface area contributed by atoms with Crippen molar-refractivity contribution in [1.29, 1.82) is 0 Å². The highest BCUT2D eigenvalue weighted by molar-refractivity contribution is 5.95. The first-order valence-corrected chi connectivity index (χ1v) is 7.67. The van der Waals surface area contributed by atoms with Crippen LogP contribution in [0.15, 0.2) is 36.4 Å². The number of amides is 1. The summed E-state index contributed by atoms with van der Waals surface area (Å²) in [6, 6.07) is 12.1. The molecule has 0 spiro atoms. The predicted octanol–water partition coefficient (Wildman–Crippen LogP) is 4.01. The number of hydrogen-bond donors (Lipinski definition) is 1. The Morgan fingerprint density at radius 1 is 1.14 bits per heavy atom. The molecule has 0 aliphatic heterocycles. The normalized spacial score (nSPS) is 10.6. The molecule has 2 rings (SSSR count). The Morgan fingerprint density at radius 2 is 1.86 bits per heavy atom. The average molecular weight is 284 g/mol. The fourth-order valence-electron chi connectivity index (χ4n) is 2.64. The van der Waals surface area contributed by atoms with E-state index in [9.17, 15) is 4.79 Å². The third-order valence-electron chi connectivity index (χ3n) is 3.76. The molecule has 0 aliphatic rings. The molecule has 0 bridgehead atoms. The second kappa shape index (κ2) is 7.11. The van der Waals surface area contributed by atoms with Crippen molar-refractivity contribution < 1.29 is 4.79 Å². The van der Waals surface area contributed by atoms with E-state index in [0.717, 1.165) is 42.0 Å². The van der Waals surface area contributed by atoms with Gasteiger partial charge in [0.2, 0.25) is 0 Å². The van der Waals surface area contributed by atoms with Crippen molar-refractivity contribution >= 4 is 5.91 Å². The molecule has 1 N–H and O–H groups in total. The molecule has 0 saturated carbocycles. The van der Waals surface area contributed by atoms with Crippen molar-refractivity contribution in [3.63, 3.8) is 0 Å². The summed E-state index contributed by atoms with van der Waals surface area (Å²) in [6.45, 7) is 6.95. The summed E-state index contributed by atoms with van der Waals surface area (Å²) in [6.07, 6.45) is 3.36. The lowest BCUT2D eigenvalue weighted by Gasteiger charge is -2.10. The van der Waals surface area contributed by atoms with Crippen molar-refractivity contribution in [2.75, 3.05) is 6.54 Å². The minimum absolute atomic E-state index is 0.0291.